The Kier molecular flexibility index (Phi) is 2.82. The largest absolute Gasteiger partial charge is 0.378 e. The molecule has 0 atom stereocenters. The monoisotopic (exact) mass is 271 g/mol. The molecule has 0 radical (unpaired) electrons. The standard InChI is InChI=1S/C16H21N3O/c1-13-4-2-7-19-14(10-17-15(13)19)11-18-8-9-20-12-16(18)5-3-6-16/h2,4,7,10H,3,5-6,8-9,11-12H2,1H3. The van der Waals surface area contributed by atoms with Gasteiger partial charge in [-0.2, -0.15) is 0 Å². The molecule has 2 fully saturated rings. The van der Waals surface area contributed by atoms with Crippen molar-refractivity contribution in [2.75, 3.05) is 19.8 Å². The van der Waals surface area contributed by atoms with Crippen LogP contribution in [0.1, 0.15) is 30.5 Å². The van der Waals surface area contributed by atoms with Gasteiger partial charge in [-0.05, 0) is 37.8 Å². The summed E-state index contributed by atoms with van der Waals surface area (Å²) in [6.45, 7) is 5.90. The van der Waals surface area contributed by atoms with E-state index in [2.05, 4.69) is 39.5 Å². The lowest BCUT2D eigenvalue weighted by molar-refractivity contribution is -0.111. The summed E-state index contributed by atoms with van der Waals surface area (Å²) in [6, 6.07) is 4.22. The van der Waals surface area contributed by atoms with Crippen LogP contribution in [-0.4, -0.2) is 39.6 Å². The fourth-order valence-electron chi connectivity index (χ4n) is 3.57. The lowest BCUT2D eigenvalue weighted by Gasteiger charge is -2.52. The van der Waals surface area contributed by atoms with Crippen molar-refractivity contribution >= 4 is 5.65 Å². The second-order valence-electron chi connectivity index (χ2n) is 6.19. The first-order valence-electron chi connectivity index (χ1n) is 7.53. The Morgan fingerprint density at radius 2 is 2.30 bits per heavy atom. The van der Waals surface area contributed by atoms with E-state index in [9.17, 15) is 0 Å². The van der Waals surface area contributed by atoms with Crippen molar-refractivity contribution in [2.45, 2.75) is 38.3 Å². The van der Waals surface area contributed by atoms with E-state index in [0.29, 0.717) is 5.54 Å². The number of imidazole rings is 1. The predicted molar refractivity (Wildman–Crippen MR) is 77.7 cm³/mol. The summed E-state index contributed by atoms with van der Waals surface area (Å²) in [5.74, 6) is 0. The molecule has 0 unspecified atom stereocenters. The number of aryl methyl sites for hydroxylation is 1. The van der Waals surface area contributed by atoms with Gasteiger partial charge in [0.05, 0.1) is 25.1 Å². The molecule has 3 heterocycles. The zero-order valence-electron chi connectivity index (χ0n) is 12.0. The Hall–Kier alpha value is -1.39. The van der Waals surface area contributed by atoms with Crippen LogP contribution in [0.25, 0.3) is 5.65 Å². The lowest BCUT2D eigenvalue weighted by Crippen LogP contribution is -2.60. The minimum Gasteiger partial charge on any atom is -0.378 e. The average Bonchev–Trinajstić information content (AvgIpc) is 2.83. The van der Waals surface area contributed by atoms with Crippen LogP contribution < -0.4 is 0 Å². The third-order valence-electron chi connectivity index (χ3n) is 4.99. The number of rotatable bonds is 2. The van der Waals surface area contributed by atoms with E-state index in [0.717, 1.165) is 32.0 Å². The van der Waals surface area contributed by atoms with E-state index < -0.39 is 0 Å². The van der Waals surface area contributed by atoms with Crippen LogP contribution in [0.2, 0.25) is 0 Å². The Morgan fingerprint density at radius 3 is 3.10 bits per heavy atom. The van der Waals surface area contributed by atoms with Gasteiger partial charge in [-0.15, -0.1) is 0 Å². The quantitative estimate of drug-likeness (QED) is 0.840. The van der Waals surface area contributed by atoms with Crippen molar-refractivity contribution in [3.05, 3.63) is 35.8 Å². The number of fused-ring (bicyclic) bond motifs is 1. The number of ether oxygens (including phenoxy) is 1. The molecule has 0 bridgehead atoms. The van der Waals surface area contributed by atoms with Crippen LogP contribution in [0.3, 0.4) is 0 Å². The fraction of sp³-hybridized carbons (Fsp3) is 0.562. The van der Waals surface area contributed by atoms with E-state index in [-0.39, 0.29) is 0 Å². The van der Waals surface area contributed by atoms with Gasteiger partial charge in [-0.1, -0.05) is 6.07 Å². The molecule has 2 aliphatic rings. The Bertz CT molecular complexity index is 630. The number of morpholine rings is 1. The Balaban J connectivity index is 1.65. The highest BCUT2D eigenvalue weighted by atomic mass is 16.5. The molecule has 2 aromatic rings. The molecule has 0 N–H and O–H groups in total. The first-order chi connectivity index (χ1) is 9.78. The number of nitrogens with zero attached hydrogens (tertiary/aromatic N) is 3. The fourth-order valence-corrected chi connectivity index (χ4v) is 3.57. The highest BCUT2D eigenvalue weighted by Crippen LogP contribution is 2.40. The Labute approximate surface area is 119 Å². The van der Waals surface area contributed by atoms with Gasteiger partial charge in [0.15, 0.2) is 0 Å². The maximum absolute atomic E-state index is 5.72. The number of pyridine rings is 1. The van der Waals surface area contributed by atoms with Gasteiger partial charge < -0.3 is 9.14 Å². The van der Waals surface area contributed by atoms with Crippen molar-refractivity contribution in [2.24, 2.45) is 0 Å². The lowest BCUT2D eigenvalue weighted by atomic mass is 9.75. The molecule has 20 heavy (non-hydrogen) atoms. The summed E-state index contributed by atoms with van der Waals surface area (Å²) >= 11 is 0. The molecule has 4 nitrogen and oxygen atoms in total. The van der Waals surface area contributed by atoms with Gasteiger partial charge in [0.1, 0.15) is 5.65 Å². The third kappa shape index (κ3) is 1.79. The van der Waals surface area contributed by atoms with Crippen molar-refractivity contribution < 1.29 is 4.74 Å². The number of hydrogen-bond donors (Lipinski definition) is 0. The van der Waals surface area contributed by atoms with Crippen LogP contribution in [0.15, 0.2) is 24.5 Å². The first-order valence-corrected chi connectivity index (χ1v) is 7.53. The van der Waals surface area contributed by atoms with Crippen LogP contribution in [0.4, 0.5) is 0 Å². The summed E-state index contributed by atoms with van der Waals surface area (Å²) < 4.78 is 7.95. The van der Waals surface area contributed by atoms with E-state index in [1.807, 2.05) is 6.20 Å². The van der Waals surface area contributed by atoms with E-state index in [1.54, 1.807) is 0 Å². The second-order valence-corrected chi connectivity index (χ2v) is 6.19. The molecule has 2 aromatic heterocycles. The van der Waals surface area contributed by atoms with Crippen LogP contribution in [0.5, 0.6) is 0 Å². The first kappa shape index (κ1) is 12.4. The Morgan fingerprint density at radius 1 is 1.40 bits per heavy atom. The number of hydrogen-bond acceptors (Lipinski definition) is 3. The van der Waals surface area contributed by atoms with Gasteiger partial charge >= 0.3 is 0 Å². The van der Waals surface area contributed by atoms with E-state index >= 15 is 0 Å². The zero-order valence-corrected chi connectivity index (χ0v) is 12.0. The van der Waals surface area contributed by atoms with Crippen molar-refractivity contribution in [1.82, 2.24) is 14.3 Å². The molecule has 106 valence electrons. The molecule has 1 saturated carbocycles. The molecule has 1 aliphatic carbocycles. The summed E-state index contributed by atoms with van der Waals surface area (Å²) in [5.41, 5.74) is 3.92. The molecule has 1 saturated heterocycles. The molecule has 0 amide bonds. The highest BCUT2D eigenvalue weighted by Gasteiger charge is 2.44. The summed E-state index contributed by atoms with van der Waals surface area (Å²) in [5, 5.41) is 0. The van der Waals surface area contributed by atoms with Crippen molar-refractivity contribution in [3.63, 3.8) is 0 Å². The topological polar surface area (TPSA) is 29.8 Å². The summed E-state index contributed by atoms with van der Waals surface area (Å²) in [7, 11) is 0. The zero-order chi connectivity index (χ0) is 13.6. The molecular formula is C16H21N3O. The van der Waals surface area contributed by atoms with Crippen LogP contribution in [0, 0.1) is 6.92 Å². The van der Waals surface area contributed by atoms with Crippen LogP contribution in [-0.2, 0) is 11.3 Å². The van der Waals surface area contributed by atoms with Crippen molar-refractivity contribution in [3.8, 4) is 0 Å². The molecular weight excluding hydrogens is 250 g/mol. The van der Waals surface area contributed by atoms with Gasteiger partial charge in [-0.25, -0.2) is 4.98 Å². The molecule has 1 aliphatic heterocycles. The van der Waals surface area contributed by atoms with Crippen molar-refractivity contribution in [1.29, 1.82) is 0 Å². The summed E-state index contributed by atoms with van der Waals surface area (Å²) in [6.07, 6.45) is 8.06. The molecule has 4 rings (SSSR count). The SMILES string of the molecule is Cc1cccn2c(CN3CCOCC34CCC4)cnc12. The minimum atomic E-state index is 0.312. The smallest absolute Gasteiger partial charge is 0.139 e. The summed E-state index contributed by atoms with van der Waals surface area (Å²) in [4.78, 5) is 7.20. The van der Waals surface area contributed by atoms with Crippen LogP contribution >= 0.6 is 0 Å². The maximum Gasteiger partial charge on any atom is 0.139 e. The average molecular weight is 271 g/mol. The second kappa shape index (κ2) is 4.57. The normalized spacial score (nSPS) is 22.2. The highest BCUT2D eigenvalue weighted by molar-refractivity contribution is 5.48. The maximum atomic E-state index is 5.72. The predicted octanol–water partition coefficient (Wildman–Crippen LogP) is 2.40. The molecule has 1 spiro atoms. The van der Waals surface area contributed by atoms with Gasteiger partial charge in [0.25, 0.3) is 0 Å². The van der Waals surface area contributed by atoms with E-state index in [1.165, 1.54) is 30.5 Å². The number of aromatic nitrogens is 2. The molecule has 0 aromatic carbocycles. The van der Waals surface area contributed by atoms with E-state index in [4.69, 9.17) is 4.74 Å². The minimum absolute atomic E-state index is 0.312. The van der Waals surface area contributed by atoms with Gasteiger partial charge in [-0.3, -0.25) is 4.90 Å². The van der Waals surface area contributed by atoms with Gasteiger partial charge in [0.2, 0.25) is 0 Å². The third-order valence-corrected chi connectivity index (χ3v) is 4.99. The molecule has 4 heteroatoms. The van der Waals surface area contributed by atoms with Gasteiger partial charge in [0, 0.05) is 24.8 Å².